The van der Waals surface area contributed by atoms with Crippen molar-refractivity contribution in [1.29, 1.82) is 0 Å². The number of benzene rings is 1. The molecule has 0 aromatic heterocycles. The van der Waals surface area contributed by atoms with Crippen molar-refractivity contribution in [3.05, 3.63) is 29.3 Å². The number of urea groups is 1. The monoisotopic (exact) mass is 464 g/mol. The van der Waals surface area contributed by atoms with E-state index in [2.05, 4.69) is 16.0 Å². The van der Waals surface area contributed by atoms with Gasteiger partial charge in [0.2, 0.25) is 11.5 Å². The van der Waals surface area contributed by atoms with Crippen molar-refractivity contribution in [2.75, 3.05) is 18.9 Å². The fourth-order valence-corrected chi connectivity index (χ4v) is 8.63. The summed E-state index contributed by atoms with van der Waals surface area (Å²) in [5.74, 6) is 1.58. The van der Waals surface area contributed by atoms with Crippen LogP contribution in [0.2, 0.25) is 0 Å². The number of ether oxygens (including phenoxy) is 1. The van der Waals surface area contributed by atoms with Gasteiger partial charge in [-0.3, -0.25) is 9.59 Å². The number of nitrogens with one attached hydrogen (secondary N) is 3. The number of carbonyl (C=O) groups excluding carboxylic acids is 4. The van der Waals surface area contributed by atoms with E-state index in [4.69, 9.17) is 4.74 Å². The van der Waals surface area contributed by atoms with Gasteiger partial charge in [0.15, 0.2) is 0 Å². The minimum absolute atomic E-state index is 0.157. The molecule has 2 spiro atoms. The van der Waals surface area contributed by atoms with Crippen molar-refractivity contribution < 1.29 is 23.9 Å². The Bertz CT molecular complexity index is 1160. The molecule has 3 N–H and O–H groups in total. The molecular formula is C25H28N4O5. The lowest BCUT2D eigenvalue weighted by Crippen LogP contribution is -2.60. The second-order valence-corrected chi connectivity index (χ2v) is 11.3. The van der Waals surface area contributed by atoms with E-state index >= 15 is 0 Å². The molecule has 6 aliphatic rings. The van der Waals surface area contributed by atoms with Gasteiger partial charge in [0.25, 0.3) is 5.91 Å². The predicted molar refractivity (Wildman–Crippen MR) is 120 cm³/mol. The summed E-state index contributed by atoms with van der Waals surface area (Å²) < 4.78 is 5.66. The Morgan fingerprint density at radius 1 is 1.15 bits per heavy atom. The van der Waals surface area contributed by atoms with Gasteiger partial charge < -0.3 is 20.7 Å². The molecule has 34 heavy (non-hydrogen) atoms. The topological polar surface area (TPSA) is 117 Å². The lowest BCUT2D eigenvalue weighted by Gasteiger charge is -2.66. The molecule has 2 bridgehead atoms. The molecule has 3 unspecified atom stereocenters. The minimum atomic E-state index is -1.39. The molecule has 5 aliphatic carbocycles. The van der Waals surface area contributed by atoms with E-state index < -0.39 is 17.6 Å². The Balaban J connectivity index is 1.07. The lowest BCUT2D eigenvalue weighted by atomic mass is 9.38. The Kier molecular flexibility index (Phi) is 3.77. The zero-order valence-electron chi connectivity index (χ0n) is 19.1. The zero-order chi connectivity index (χ0) is 23.5. The van der Waals surface area contributed by atoms with Gasteiger partial charge in [0.05, 0.1) is 0 Å². The number of carbonyl (C=O) groups is 4. The van der Waals surface area contributed by atoms with Gasteiger partial charge in [0.1, 0.15) is 6.54 Å². The summed E-state index contributed by atoms with van der Waals surface area (Å²) in [7, 11) is 1.53. The number of imide groups is 1. The van der Waals surface area contributed by atoms with Crippen molar-refractivity contribution in [1.82, 2.24) is 15.5 Å². The molecular weight excluding hydrogens is 436 g/mol. The van der Waals surface area contributed by atoms with Crippen LogP contribution in [0.15, 0.2) is 18.2 Å². The van der Waals surface area contributed by atoms with Gasteiger partial charge in [-0.25, -0.2) is 14.5 Å². The SMILES string of the molecule is CNC(=O)Nc1ccc2c(c1)CCC21OC(=O)N(CC(=O)NC23CC4CC5CC(C2)C54C3)C1=O. The van der Waals surface area contributed by atoms with Crippen LogP contribution in [-0.2, 0) is 26.3 Å². The first-order valence-corrected chi connectivity index (χ1v) is 12.3. The molecule has 1 aromatic rings. The number of nitrogens with zero attached hydrogens (tertiary/aromatic N) is 1. The number of fused-ring (bicyclic) bond motifs is 3. The zero-order valence-corrected chi connectivity index (χ0v) is 19.1. The van der Waals surface area contributed by atoms with Crippen molar-refractivity contribution in [3.8, 4) is 0 Å². The van der Waals surface area contributed by atoms with Gasteiger partial charge >= 0.3 is 12.1 Å². The molecule has 9 nitrogen and oxygen atoms in total. The van der Waals surface area contributed by atoms with E-state index in [1.165, 1.54) is 19.9 Å². The number of rotatable bonds is 4. The molecule has 3 atom stereocenters. The van der Waals surface area contributed by atoms with Crippen LogP contribution < -0.4 is 16.0 Å². The van der Waals surface area contributed by atoms with Crippen molar-refractivity contribution >= 4 is 29.6 Å². The maximum atomic E-state index is 13.4. The van der Waals surface area contributed by atoms with E-state index in [0.717, 1.165) is 47.5 Å². The van der Waals surface area contributed by atoms with Crippen LogP contribution in [0.5, 0.6) is 0 Å². The first kappa shape index (κ1) is 20.3. The van der Waals surface area contributed by atoms with Crippen LogP contribution in [0.25, 0.3) is 0 Å². The number of aryl methyl sites for hydroxylation is 1. The highest BCUT2D eigenvalue weighted by molar-refractivity contribution is 6.06. The third-order valence-corrected chi connectivity index (χ3v) is 9.89. The van der Waals surface area contributed by atoms with Crippen molar-refractivity contribution in [3.63, 3.8) is 0 Å². The lowest BCUT2D eigenvalue weighted by molar-refractivity contribution is -0.176. The van der Waals surface area contributed by atoms with Crippen LogP contribution in [-0.4, -0.2) is 48.0 Å². The number of anilines is 1. The third-order valence-electron chi connectivity index (χ3n) is 9.89. The van der Waals surface area contributed by atoms with E-state index in [1.54, 1.807) is 18.2 Å². The first-order valence-electron chi connectivity index (χ1n) is 12.3. The molecule has 9 heteroatoms. The Morgan fingerprint density at radius 2 is 1.91 bits per heavy atom. The summed E-state index contributed by atoms with van der Waals surface area (Å²) in [6.07, 6.45) is 5.82. The number of hydrogen-bond acceptors (Lipinski definition) is 5. The highest BCUT2D eigenvalue weighted by Gasteiger charge is 2.77. The fraction of sp³-hybridized carbons (Fsp3) is 0.600. The predicted octanol–water partition coefficient (Wildman–Crippen LogP) is 2.25. The maximum Gasteiger partial charge on any atom is 0.418 e. The Labute approximate surface area is 196 Å². The number of hydrogen-bond donors (Lipinski definition) is 3. The molecule has 0 radical (unpaired) electrons. The minimum Gasteiger partial charge on any atom is -0.427 e. The van der Waals surface area contributed by atoms with Crippen LogP contribution in [0.1, 0.15) is 49.7 Å². The molecule has 5 amide bonds. The average Bonchev–Trinajstić information content (AvgIpc) is 3.46. The highest BCUT2D eigenvalue weighted by atomic mass is 16.6. The Morgan fingerprint density at radius 3 is 2.59 bits per heavy atom. The molecule has 1 aromatic carbocycles. The van der Waals surface area contributed by atoms with Crippen LogP contribution >= 0.6 is 0 Å². The van der Waals surface area contributed by atoms with Gasteiger partial charge in [-0.15, -0.1) is 0 Å². The molecule has 7 rings (SSSR count). The van der Waals surface area contributed by atoms with Crippen LogP contribution in [0, 0.1) is 23.2 Å². The van der Waals surface area contributed by atoms with Gasteiger partial charge in [-0.05, 0) is 79.4 Å². The van der Waals surface area contributed by atoms with Crippen molar-refractivity contribution in [2.24, 2.45) is 23.2 Å². The largest absolute Gasteiger partial charge is 0.427 e. The first-order chi connectivity index (χ1) is 16.3. The van der Waals surface area contributed by atoms with Crippen molar-refractivity contribution in [2.45, 2.75) is 56.1 Å². The van der Waals surface area contributed by atoms with Gasteiger partial charge in [-0.1, -0.05) is 6.07 Å². The molecule has 178 valence electrons. The van der Waals surface area contributed by atoms with Gasteiger partial charge in [-0.2, -0.15) is 0 Å². The van der Waals surface area contributed by atoms with E-state index in [0.29, 0.717) is 29.5 Å². The second-order valence-electron chi connectivity index (χ2n) is 11.3. The van der Waals surface area contributed by atoms with E-state index in [-0.39, 0.29) is 24.0 Å². The summed E-state index contributed by atoms with van der Waals surface area (Å²) in [5, 5.41) is 8.46. The molecule has 1 heterocycles. The Hall–Kier alpha value is -3.10. The molecule has 4 saturated carbocycles. The normalized spacial score (nSPS) is 39.8. The highest BCUT2D eigenvalue weighted by Crippen LogP contribution is 2.82. The summed E-state index contributed by atoms with van der Waals surface area (Å²) in [6.45, 7) is -0.307. The maximum absolute atomic E-state index is 13.4. The molecule has 1 aliphatic heterocycles. The van der Waals surface area contributed by atoms with Crippen LogP contribution in [0.3, 0.4) is 0 Å². The molecule has 1 saturated heterocycles. The summed E-state index contributed by atoms with van der Waals surface area (Å²) in [4.78, 5) is 51.8. The standard InChI is InChI=1S/C25H28N4O5/c1-26-21(32)27-17-2-3-18-13(6-17)4-5-25(18)20(31)29(22(33)34-25)11-19(30)28-23-9-15-7-14-8-16(10-23)24(14,15)12-23/h2-3,6,14-16H,4-5,7-12H2,1H3,(H,28,30)(H2,26,27,32). The van der Waals surface area contributed by atoms with Gasteiger partial charge in [0, 0.05) is 30.3 Å². The second kappa shape index (κ2) is 6.31. The van der Waals surface area contributed by atoms with E-state index in [1.807, 2.05) is 0 Å². The summed E-state index contributed by atoms with van der Waals surface area (Å²) in [5.41, 5.74) is 1.01. The smallest absolute Gasteiger partial charge is 0.418 e. The third kappa shape index (κ3) is 2.35. The summed E-state index contributed by atoms with van der Waals surface area (Å²) >= 11 is 0. The number of amides is 5. The molecule has 5 fully saturated rings. The quantitative estimate of drug-likeness (QED) is 0.632. The van der Waals surface area contributed by atoms with Crippen LogP contribution in [0.4, 0.5) is 15.3 Å². The average molecular weight is 465 g/mol. The fourth-order valence-electron chi connectivity index (χ4n) is 8.63. The summed E-state index contributed by atoms with van der Waals surface area (Å²) in [6, 6.07) is 4.87. The van der Waals surface area contributed by atoms with E-state index in [9.17, 15) is 19.2 Å².